The molecule has 0 atom stereocenters. The first-order chi connectivity index (χ1) is 27.1. The quantitative estimate of drug-likeness (QED) is 0.0387. The lowest BCUT2D eigenvalue weighted by Gasteiger charge is -1.99. The summed E-state index contributed by atoms with van der Waals surface area (Å²) in [6.45, 7) is 7.89. The van der Waals surface area contributed by atoms with Crippen molar-refractivity contribution in [2.75, 3.05) is 105 Å². The third-order valence-corrected chi connectivity index (χ3v) is 6.83. The van der Waals surface area contributed by atoms with Crippen LogP contribution < -0.4 is 21.3 Å². The van der Waals surface area contributed by atoms with Crippen LogP contribution in [0.5, 0.6) is 0 Å². The van der Waals surface area contributed by atoms with Crippen LogP contribution in [0.3, 0.4) is 0 Å². The van der Waals surface area contributed by atoms with Crippen molar-refractivity contribution >= 4 is 17.9 Å². The van der Waals surface area contributed by atoms with Crippen molar-refractivity contribution in [2.24, 2.45) is 0 Å². The molecular formula is C38H86N4O14. The largest absolute Gasteiger partial charge is 0.481 e. The molecule has 0 unspecified atom stereocenters. The van der Waals surface area contributed by atoms with Gasteiger partial charge in [0.2, 0.25) is 0 Å². The number of carboxylic acids is 3. The summed E-state index contributed by atoms with van der Waals surface area (Å²) < 4.78 is 0. The van der Waals surface area contributed by atoms with Crippen molar-refractivity contribution in [3.63, 3.8) is 0 Å². The molecule has 56 heavy (non-hydrogen) atoms. The van der Waals surface area contributed by atoms with Crippen LogP contribution in [0.2, 0.25) is 0 Å². The lowest BCUT2D eigenvalue weighted by molar-refractivity contribution is -0.138. The summed E-state index contributed by atoms with van der Waals surface area (Å²) in [5, 5.41) is 101. The summed E-state index contributed by atoms with van der Waals surface area (Å²) in [5.41, 5.74) is 0. The molecule has 0 aliphatic heterocycles. The summed E-state index contributed by atoms with van der Waals surface area (Å²) >= 11 is 0. The fourth-order valence-corrected chi connectivity index (χ4v) is 3.98. The highest BCUT2D eigenvalue weighted by atomic mass is 16.4. The van der Waals surface area contributed by atoms with Gasteiger partial charge in [0.1, 0.15) is 0 Å². The van der Waals surface area contributed by atoms with Crippen LogP contribution in [0.1, 0.15) is 122 Å². The summed E-state index contributed by atoms with van der Waals surface area (Å²) in [4.78, 5) is 30.5. The van der Waals surface area contributed by atoms with Gasteiger partial charge in [-0.05, 0) is 19.3 Å². The molecule has 0 fully saturated rings. The number of carbonyl (C=O) groups is 3. The highest BCUT2D eigenvalue weighted by molar-refractivity contribution is 5.67. The fraction of sp³-hybridized carbons (Fsp3) is 0.921. The molecule has 0 aliphatic carbocycles. The first-order valence-electron chi connectivity index (χ1n) is 20.4. The minimum atomic E-state index is -0.726. The predicted octanol–water partition coefficient (Wildman–Crippen LogP) is 0.511. The van der Waals surface area contributed by atoms with E-state index in [9.17, 15) is 14.4 Å². The Labute approximate surface area is 337 Å². The van der Waals surface area contributed by atoms with Gasteiger partial charge in [-0.25, -0.2) is 0 Å². The molecule has 0 amide bonds. The molecule has 342 valence electrons. The number of unbranched alkanes of at least 4 members (excludes halogenated alkanes) is 13. The normalized spacial score (nSPS) is 9.80. The van der Waals surface area contributed by atoms with Gasteiger partial charge in [0.25, 0.3) is 0 Å². The van der Waals surface area contributed by atoms with Crippen molar-refractivity contribution in [1.29, 1.82) is 0 Å². The molecule has 0 aromatic carbocycles. The number of carboxylic acid groups (broad SMARTS) is 3. The van der Waals surface area contributed by atoms with E-state index in [0.29, 0.717) is 58.8 Å². The molecule has 15 N–H and O–H groups in total. The summed E-state index contributed by atoms with van der Waals surface area (Å²) in [6.07, 6.45) is 17.2. The van der Waals surface area contributed by atoms with E-state index in [1.165, 1.54) is 38.5 Å². The monoisotopic (exact) mass is 823 g/mol. The van der Waals surface area contributed by atoms with Crippen LogP contribution in [0.4, 0.5) is 0 Å². The van der Waals surface area contributed by atoms with Gasteiger partial charge in [-0.3, -0.25) is 14.4 Å². The Balaban J connectivity index is -0.000000139. The van der Waals surface area contributed by atoms with E-state index in [1.807, 2.05) is 0 Å². The van der Waals surface area contributed by atoms with Gasteiger partial charge in [0, 0.05) is 71.6 Å². The van der Waals surface area contributed by atoms with Crippen LogP contribution in [0, 0.1) is 0 Å². The summed E-state index contributed by atoms with van der Waals surface area (Å²) in [5.74, 6) is -2.11. The van der Waals surface area contributed by atoms with Crippen molar-refractivity contribution < 1.29 is 70.6 Å². The molecule has 0 aromatic rings. The van der Waals surface area contributed by atoms with Gasteiger partial charge in [-0.1, -0.05) is 84.0 Å². The number of hydrogen-bond donors (Lipinski definition) is 15. The topological polar surface area (TPSA) is 322 Å². The van der Waals surface area contributed by atoms with E-state index in [-0.39, 0.29) is 65.7 Å². The van der Waals surface area contributed by atoms with Gasteiger partial charge in [-0.2, -0.15) is 0 Å². The SMILES string of the molecule is CCCCCCCCCCC(=O)O.O=C(O)CCCCCCCCCC(=O)O.OCCNCCO.OCCNCCO.OCCNCCO.OCCNCCO. The highest BCUT2D eigenvalue weighted by Gasteiger charge is 1.98. The van der Waals surface area contributed by atoms with Gasteiger partial charge >= 0.3 is 17.9 Å². The van der Waals surface area contributed by atoms with E-state index in [0.717, 1.165) is 57.8 Å². The van der Waals surface area contributed by atoms with E-state index < -0.39 is 17.9 Å². The summed E-state index contributed by atoms with van der Waals surface area (Å²) in [7, 11) is 0. The molecule has 0 spiro atoms. The number of aliphatic hydroxyl groups is 8. The lowest BCUT2D eigenvalue weighted by Crippen LogP contribution is -2.21. The van der Waals surface area contributed by atoms with E-state index >= 15 is 0 Å². The van der Waals surface area contributed by atoms with Crippen LogP contribution in [0.25, 0.3) is 0 Å². The minimum Gasteiger partial charge on any atom is -0.481 e. The van der Waals surface area contributed by atoms with Crippen LogP contribution in [-0.2, 0) is 14.4 Å². The van der Waals surface area contributed by atoms with Crippen LogP contribution in [-0.4, -0.2) is 179 Å². The van der Waals surface area contributed by atoms with Crippen LogP contribution in [0.15, 0.2) is 0 Å². The molecule has 0 saturated carbocycles. The van der Waals surface area contributed by atoms with Crippen molar-refractivity contribution in [2.45, 2.75) is 122 Å². The maximum atomic E-state index is 10.2. The Morgan fingerprint density at radius 2 is 0.464 bits per heavy atom. The zero-order chi connectivity index (χ0) is 43.6. The number of aliphatic carboxylic acids is 3. The second-order valence-electron chi connectivity index (χ2n) is 12.2. The average molecular weight is 823 g/mol. The molecule has 18 nitrogen and oxygen atoms in total. The molecule has 0 aromatic heterocycles. The first kappa shape index (κ1) is 65.8. The smallest absolute Gasteiger partial charge is 0.303 e. The maximum Gasteiger partial charge on any atom is 0.303 e. The predicted molar refractivity (Wildman–Crippen MR) is 220 cm³/mol. The Morgan fingerprint density at radius 3 is 0.607 bits per heavy atom. The molecule has 0 saturated heterocycles. The van der Waals surface area contributed by atoms with Gasteiger partial charge in [0.05, 0.1) is 52.9 Å². The molecule has 0 heterocycles. The Kier molecular flexibility index (Phi) is 83.0. The van der Waals surface area contributed by atoms with Crippen molar-refractivity contribution in [3.8, 4) is 0 Å². The van der Waals surface area contributed by atoms with Gasteiger partial charge in [0.15, 0.2) is 0 Å². The standard InChI is InChI=1S/C11H20O4.C11H22O2.4C4H11NO2/c12-10(13)8-6-4-2-1-3-5-7-9-11(14)15;1-2-3-4-5-6-7-8-9-10-11(12)13;4*6-3-1-5-2-4-7/h1-9H2,(H,12,13)(H,14,15);2-10H2,1H3,(H,12,13);4*5-7H,1-4H2. The Morgan fingerprint density at radius 1 is 0.304 bits per heavy atom. The molecule has 0 bridgehead atoms. The van der Waals surface area contributed by atoms with E-state index in [2.05, 4.69) is 28.2 Å². The molecule has 0 radical (unpaired) electrons. The number of hydrogen-bond acceptors (Lipinski definition) is 15. The Bertz CT molecular complexity index is 627. The highest BCUT2D eigenvalue weighted by Crippen LogP contribution is 2.10. The molecule has 0 rings (SSSR count). The number of nitrogens with one attached hydrogen (secondary N) is 4. The summed E-state index contributed by atoms with van der Waals surface area (Å²) in [6, 6.07) is 0. The van der Waals surface area contributed by atoms with E-state index in [4.69, 9.17) is 56.2 Å². The number of aliphatic hydroxyl groups excluding tert-OH is 8. The zero-order valence-corrected chi connectivity index (χ0v) is 34.7. The second-order valence-corrected chi connectivity index (χ2v) is 12.2. The molecule has 18 heteroatoms. The molecular weight excluding hydrogens is 736 g/mol. The van der Waals surface area contributed by atoms with E-state index in [1.54, 1.807) is 0 Å². The zero-order valence-electron chi connectivity index (χ0n) is 34.7. The van der Waals surface area contributed by atoms with Crippen molar-refractivity contribution in [1.82, 2.24) is 21.3 Å². The van der Waals surface area contributed by atoms with Crippen molar-refractivity contribution in [3.05, 3.63) is 0 Å². The number of rotatable bonds is 35. The third kappa shape index (κ3) is 104. The van der Waals surface area contributed by atoms with Gasteiger partial charge in [-0.15, -0.1) is 0 Å². The second kappa shape index (κ2) is 70.7. The van der Waals surface area contributed by atoms with Gasteiger partial charge < -0.3 is 77.4 Å². The lowest BCUT2D eigenvalue weighted by atomic mass is 10.1. The first-order valence-corrected chi connectivity index (χ1v) is 20.4. The fourth-order valence-electron chi connectivity index (χ4n) is 3.98. The minimum absolute atomic E-state index is 0.139. The average Bonchev–Trinajstić information content (AvgIpc) is 3.17. The molecule has 0 aliphatic rings. The third-order valence-electron chi connectivity index (χ3n) is 6.83. The van der Waals surface area contributed by atoms with Crippen LogP contribution >= 0.6 is 0 Å². The Hall–Kier alpha value is -2.07. The maximum absolute atomic E-state index is 10.2.